The zero-order chi connectivity index (χ0) is 27.6. The van der Waals surface area contributed by atoms with Gasteiger partial charge in [-0.15, -0.1) is 0 Å². The van der Waals surface area contributed by atoms with Crippen molar-refractivity contribution < 1.29 is 19.1 Å². The molecule has 0 unspecified atom stereocenters. The fraction of sp³-hybridized carbons (Fsp3) is 0.133. The Hall–Kier alpha value is -5.40. The van der Waals surface area contributed by atoms with Crippen LogP contribution in [0.5, 0.6) is 11.5 Å². The molecule has 3 N–H and O–H groups in total. The number of para-hydroxylation sites is 1. The van der Waals surface area contributed by atoms with Crippen molar-refractivity contribution in [2.24, 2.45) is 0 Å². The van der Waals surface area contributed by atoms with E-state index in [1.807, 2.05) is 0 Å². The summed E-state index contributed by atoms with van der Waals surface area (Å²) in [6.45, 7) is 2.17. The number of nitrogens with two attached hydrogens (primary N) is 1. The van der Waals surface area contributed by atoms with Crippen molar-refractivity contribution >= 4 is 28.4 Å². The highest BCUT2D eigenvalue weighted by atomic mass is 16.5. The molecule has 10 heteroatoms. The molecule has 0 atom stereocenters. The van der Waals surface area contributed by atoms with Gasteiger partial charge in [0.15, 0.2) is 0 Å². The lowest BCUT2D eigenvalue weighted by Gasteiger charge is -2.26. The molecule has 0 radical (unpaired) electrons. The molecule has 1 fully saturated rings. The number of H-pyrrole nitrogens is 1. The molecule has 3 heterocycles. The molecule has 3 aromatic carbocycles. The number of carbonyl (C=O) groups is 2. The molecule has 6 rings (SSSR count). The van der Waals surface area contributed by atoms with Crippen LogP contribution in [0.1, 0.15) is 32.0 Å². The van der Waals surface area contributed by atoms with E-state index in [0.717, 1.165) is 10.9 Å². The highest BCUT2D eigenvalue weighted by molar-refractivity contribution is 6.13. The largest absolute Gasteiger partial charge is 0.456 e. The van der Waals surface area contributed by atoms with Gasteiger partial charge in [0.2, 0.25) is 5.78 Å². The lowest BCUT2D eigenvalue weighted by molar-refractivity contribution is 0.0303. The van der Waals surface area contributed by atoms with Gasteiger partial charge in [-0.3, -0.25) is 9.59 Å². The van der Waals surface area contributed by atoms with Crippen molar-refractivity contribution in [3.8, 4) is 23.3 Å². The number of nitrogen functional groups attached to an aromatic ring is 1. The highest BCUT2D eigenvalue weighted by Crippen LogP contribution is 2.27. The van der Waals surface area contributed by atoms with Gasteiger partial charge in [0.05, 0.1) is 41.9 Å². The number of ketones is 1. The van der Waals surface area contributed by atoms with Gasteiger partial charge in [-0.25, -0.2) is 4.68 Å². The van der Waals surface area contributed by atoms with E-state index < -0.39 is 0 Å². The van der Waals surface area contributed by atoms with Crippen LogP contribution in [0, 0.1) is 11.3 Å². The number of benzene rings is 3. The van der Waals surface area contributed by atoms with E-state index in [0.29, 0.717) is 60.3 Å². The van der Waals surface area contributed by atoms with E-state index in [2.05, 4.69) is 16.2 Å². The molecule has 1 saturated heterocycles. The third kappa shape index (κ3) is 4.66. The minimum atomic E-state index is -0.311. The molecule has 0 bridgehead atoms. The second-order valence-electron chi connectivity index (χ2n) is 9.28. The summed E-state index contributed by atoms with van der Waals surface area (Å²) >= 11 is 0. The number of rotatable bonds is 6. The number of aromatic nitrogens is 3. The molecule has 40 heavy (non-hydrogen) atoms. The first-order valence-electron chi connectivity index (χ1n) is 12.7. The number of nitriles is 1. The van der Waals surface area contributed by atoms with E-state index in [9.17, 15) is 14.9 Å². The molecular weight excluding hydrogens is 508 g/mol. The first-order chi connectivity index (χ1) is 19.5. The van der Waals surface area contributed by atoms with Gasteiger partial charge in [0.1, 0.15) is 23.4 Å². The van der Waals surface area contributed by atoms with E-state index >= 15 is 0 Å². The summed E-state index contributed by atoms with van der Waals surface area (Å²) in [5, 5.41) is 14.4. The standard InChI is InChI=1S/C30H24N6O4/c31-17-20-3-1-2-4-27(20)40-23-8-6-22(7-9-23)36-29(32)24(18-33-36)28(37)26-16-21-15-19(5-10-25(21)34-26)30(38)35-11-13-39-14-12-35/h1-10,15-16,18,34H,11-14,32H2. The van der Waals surface area contributed by atoms with Crippen LogP contribution < -0.4 is 10.5 Å². The van der Waals surface area contributed by atoms with Gasteiger partial charge in [-0.2, -0.15) is 10.4 Å². The van der Waals surface area contributed by atoms with Gasteiger partial charge < -0.3 is 25.1 Å². The normalized spacial score (nSPS) is 13.2. The minimum Gasteiger partial charge on any atom is -0.456 e. The number of morpholine rings is 1. The second-order valence-corrected chi connectivity index (χ2v) is 9.28. The van der Waals surface area contributed by atoms with E-state index in [-0.39, 0.29) is 23.1 Å². The summed E-state index contributed by atoms with van der Waals surface area (Å²) < 4.78 is 12.6. The number of aromatic amines is 1. The molecule has 5 aromatic rings. The maximum Gasteiger partial charge on any atom is 0.254 e. The molecule has 1 aliphatic heterocycles. The fourth-order valence-electron chi connectivity index (χ4n) is 4.65. The average molecular weight is 533 g/mol. The monoisotopic (exact) mass is 532 g/mol. The Bertz CT molecular complexity index is 1770. The quantitative estimate of drug-likeness (QED) is 0.311. The summed E-state index contributed by atoms with van der Waals surface area (Å²) in [6, 6.07) is 23.1. The molecular formula is C30H24N6O4. The Morgan fingerprint density at radius 2 is 1.80 bits per heavy atom. The zero-order valence-electron chi connectivity index (χ0n) is 21.3. The zero-order valence-corrected chi connectivity index (χ0v) is 21.3. The fourth-order valence-corrected chi connectivity index (χ4v) is 4.65. The Morgan fingerprint density at radius 3 is 2.58 bits per heavy atom. The number of hydrogen-bond acceptors (Lipinski definition) is 7. The summed E-state index contributed by atoms with van der Waals surface area (Å²) in [4.78, 5) is 31.1. The van der Waals surface area contributed by atoms with Crippen molar-refractivity contribution in [2.45, 2.75) is 0 Å². The topological polar surface area (TPSA) is 139 Å². The lowest BCUT2D eigenvalue weighted by atomic mass is 10.1. The van der Waals surface area contributed by atoms with Crippen LogP contribution in [0.2, 0.25) is 0 Å². The number of nitrogens with zero attached hydrogens (tertiary/aromatic N) is 4. The van der Waals surface area contributed by atoms with Crippen LogP contribution in [0.4, 0.5) is 5.82 Å². The van der Waals surface area contributed by atoms with E-state index in [1.54, 1.807) is 77.7 Å². The lowest BCUT2D eigenvalue weighted by Crippen LogP contribution is -2.40. The molecule has 198 valence electrons. The van der Waals surface area contributed by atoms with Crippen LogP contribution in [-0.4, -0.2) is 57.7 Å². The third-order valence-electron chi connectivity index (χ3n) is 6.78. The van der Waals surface area contributed by atoms with Crippen LogP contribution in [0.3, 0.4) is 0 Å². The molecule has 0 saturated carbocycles. The SMILES string of the molecule is N#Cc1ccccc1Oc1ccc(-n2ncc(C(=O)c3cc4cc(C(=O)N5CCOCC5)ccc4[nH]3)c2N)cc1. The number of nitrogens with one attached hydrogen (secondary N) is 1. The van der Waals surface area contributed by atoms with Gasteiger partial charge >= 0.3 is 0 Å². The number of hydrogen-bond donors (Lipinski definition) is 2. The minimum absolute atomic E-state index is 0.0597. The Kier molecular flexibility index (Phi) is 6.48. The second kappa shape index (κ2) is 10.4. The van der Waals surface area contributed by atoms with Gasteiger partial charge in [-0.1, -0.05) is 12.1 Å². The molecule has 1 amide bonds. The predicted molar refractivity (Wildman–Crippen MR) is 148 cm³/mol. The van der Waals surface area contributed by atoms with Crippen LogP contribution in [0.15, 0.2) is 79.0 Å². The van der Waals surface area contributed by atoms with Crippen molar-refractivity contribution in [3.05, 3.63) is 101 Å². The number of amides is 1. The third-order valence-corrected chi connectivity index (χ3v) is 6.78. The number of anilines is 1. The van der Waals surface area contributed by atoms with Crippen LogP contribution in [0.25, 0.3) is 16.6 Å². The van der Waals surface area contributed by atoms with Crippen molar-refractivity contribution in [1.82, 2.24) is 19.7 Å². The van der Waals surface area contributed by atoms with Crippen molar-refractivity contribution in [3.63, 3.8) is 0 Å². The smallest absolute Gasteiger partial charge is 0.254 e. The van der Waals surface area contributed by atoms with Crippen molar-refractivity contribution in [2.75, 3.05) is 32.0 Å². The van der Waals surface area contributed by atoms with E-state index in [1.165, 1.54) is 10.9 Å². The van der Waals surface area contributed by atoms with Crippen LogP contribution >= 0.6 is 0 Å². The van der Waals surface area contributed by atoms with Gasteiger partial charge in [-0.05, 0) is 60.7 Å². The molecule has 0 aliphatic carbocycles. The Morgan fingerprint density at radius 1 is 1.02 bits per heavy atom. The number of ether oxygens (including phenoxy) is 2. The van der Waals surface area contributed by atoms with Gasteiger partial charge in [0, 0.05) is 29.6 Å². The highest BCUT2D eigenvalue weighted by Gasteiger charge is 2.22. The first-order valence-corrected chi connectivity index (χ1v) is 12.7. The molecule has 2 aromatic heterocycles. The molecule has 10 nitrogen and oxygen atoms in total. The number of carbonyl (C=O) groups excluding carboxylic acids is 2. The summed E-state index contributed by atoms with van der Waals surface area (Å²) in [5.41, 5.74) is 9.31. The number of fused-ring (bicyclic) bond motifs is 1. The van der Waals surface area contributed by atoms with Gasteiger partial charge in [0.25, 0.3) is 5.91 Å². The average Bonchev–Trinajstić information content (AvgIpc) is 3.61. The maximum atomic E-state index is 13.4. The van der Waals surface area contributed by atoms with E-state index in [4.69, 9.17) is 15.2 Å². The summed E-state index contributed by atoms with van der Waals surface area (Å²) in [6.07, 6.45) is 1.43. The van der Waals surface area contributed by atoms with Crippen LogP contribution in [-0.2, 0) is 4.74 Å². The summed E-state index contributed by atoms with van der Waals surface area (Å²) in [5.74, 6) is 0.818. The summed E-state index contributed by atoms with van der Waals surface area (Å²) in [7, 11) is 0. The van der Waals surface area contributed by atoms with Crippen molar-refractivity contribution in [1.29, 1.82) is 5.26 Å². The molecule has 1 aliphatic rings. The predicted octanol–water partition coefficient (Wildman–Crippen LogP) is 4.30. The maximum absolute atomic E-state index is 13.4. The Labute approximate surface area is 229 Å². The first kappa shape index (κ1) is 24.9. The molecule has 0 spiro atoms. The Balaban J connectivity index is 1.21.